The lowest BCUT2D eigenvalue weighted by molar-refractivity contribution is -0.158. The summed E-state index contributed by atoms with van der Waals surface area (Å²) in [7, 11) is 0. The molecule has 2 atom stereocenters. The molecule has 0 amide bonds. The Hall–Kier alpha value is -3.60. The summed E-state index contributed by atoms with van der Waals surface area (Å²) >= 11 is 0. The Labute approximate surface area is 168 Å². The van der Waals surface area contributed by atoms with Crippen LogP contribution in [0.1, 0.15) is 23.0 Å². The molecule has 0 unspecified atom stereocenters. The smallest absolute Gasteiger partial charge is 0.315 e. The van der Waals surface area contributed by atoms with Crippen LogP contribution in [0.2, 0.25) is 0 Å². The van der Waals surface area contributed by atoms with E-state index in [2.05, 4.69) is 0 Å². The number of carbonyl (C=O) groups excluding carboxylic acids is 1. The van der Waals surface area contributed by atoms with Gasteiger partial charge in [-0.15, -0.1) is 0 Å². The topological polar surface area (TPSA) is 83.8 Å². The van der Waals surface area contributed by atoms with Crippen LogP contribution in [0.15, 0.2) is 84.9 Å². The van der Waals surface area contributed by atoms with Crippen LogP contribution >= 0.6 is 0 Å². The van der Waals surface area contributed by atoms with Crippen LogP contribution < -0.4 is 4.74 Å². The number of rotatable bonds is 5. The number of carbonyl (C=O) groups is 2. The summed E-state index contributed by atoms with van der Waals surface area (Å²) in [5.74, 6) is -3.34. The number of phenols is 1. The van der Waals surface area contributed by atoms with E-state index < -0.39 is 35.6 Å². The monoisotopic (exact) mass is 388 g/mol. The van der Waals surface area contributed by atoms with Gasteiger partial charge in [-0.05, 0) is 35.4 Å². The van der Waals surface area contributed by atoms with Crippen molar-refractivity contribution in [3.05, 3.63) is 96.1 Å². The van der Waals surface area contributed by atoms with Crippen molar-refractivity contribution < 1.29 is 24.5 Å². The number of ether oxygens (including phenoxy) is 1. The zero-order valence-corrected chi connectivity index (χ0v) is 15.5. The van der Waals surface area contributed by atoms with Crippen molar-refractivity contribution in [2.24, 2.45) is 11.8 Å². The van der Waals surface area contributed by atoms with Gasteiger partial charge in [-0.1, -0.05) is 60.7 Å². The van der Waals surface area contributed by atoms with Gasteiger partial charge in [0.05, 0.1) is 11.8 Å². The highest BCUT2D eigenvalue weighted by Crippen LogP contribution is 2.58. The SMILES string of the molecule is O=C(O)C1[C@H](c2ccccc2)C(C(=O)Oc2ccc(O)cc2)[C@H]1c1ccccc1. The van der Waals surface area contributed by atoms with Crippen molar-refractivity contribution in [3.8, 4) is 11.5 Å². The maximum atomic E-state index is 13.1. The van der Waals surface area contributed by atoms with E-state index in [1.54, 1.807) is 0 Å². The van der Waals surface area contributed by atoms with E-state index in [1.165, 1.54) is 24.3 Å². The summed E-state index contributed by atoms with van der Waals surface area (Å²) in [4.78, 5) is 25.3. The van der Waals surface area contributed by atoms with Gasteiger partial charge < -0.3 is 14.9 Å². The summed E-state index contributed by atoms with van der Waals surface area (Å²) in [5, 5.41) is 19.4. The number of aromatic hydroxyl groups is 1. The highest BCUT2D eigenvalue weighted by molar-refractivity contribution is 5.85. The number of carboxylic acid groups (broad SMARTS) is 1. The fraction of sp³-hybridized carbons (Fsp3) is 0.167. The zero-order valence-electron chi connectivity index (χ0n) is 15.5. The van der Waals surface area contributed by atoms with Crippen LogP contribution in [0.5, 0.6) is 11.5 Å². The second-order valence-electron chi connectivity index (χ2n) is 7.18. The third-order valence-electron chi connectivity index (χ3n) is 5.53. The van der Waals surface area contributed by atoms with Gasteiger partial charge in [0.2, 0.25) is 0 Å². The number of benzene rings is 3. The molecule has 0 bridgehead atoms. The highest BCUT2D eigenvalue weighted by atomic mass is 16.5. The molecule has 146 valence electrons. The minimum absolute atomic E-state index is 0.0729. The quantitative estimate of drug-likeness (QED) is 0.506. The first kappa shape index (κ1) is 18.7. The molecule has 5 heteroatoms. The van der Waals surface area contributed by atoms with Crippen LogP contribution in [-0.2, 0) is 9.59 Å². The summed E-state index contributed by atoms with van der Waals surface area (Å²) in [5.41, 5.74) is 1.61. The standard InChI is InChI=1S/C24H20O5/c25-17-11-13-18(14-12-17)29-24(28)22-19(15-7-3-1-4-8-15)21(23(26)27)20(22)16-9-5-2-6-10-16/h1-14,19-22,25H,(H,26,27)/t19-,20-,21?,22?/m0/s1. The number of aliphatic carboxylic acids is 1. The minimum atomic E-state index is -0.929. The molecule has 4 rings (SSSR count). The van der Waals surface area contributed by atoms with Gasteiger partial charge in [-0.25, -0.2) is 0 Å². The van der Waals surface area contributed by atoms with Gasteiger partial charge in [-0.3, -0.25) is 9.59 Å². The first-order valence-corrected chi connectivity index (χ1v) is 9.39. The average Bonchev–Trinajstić information content (AvgIpc) is 2.70. The molecule has 5 nitrogen and oxygen atoms in total. The number of phenolic OH excluding ortho intramolecular Hbond substituents is 1. The first-order valence-electron chi connectivity index (χ1n) is 9.39. The maximum absolute atomic E-state index is 13.1. The first-order chi connectivity index (χ1) is 14.1. The lowest BCUT2D eigenvalue weighted by Crippen LogP contribution is -2.52. The van der Waals surface area contributed by atoms with Gasteiger partial charge in [-0.2, -0.15) is 0 Å². The molecule has 29 heavy (non-hydrogen) atoms. The molecule has 1 saturated carbocycles. The summed E-state index contributed by atoms with van der Waals surface area (Å²) < 4.78 is 5.56. The van der Waals surface area contributed by atoms with Crippen molar-refractivity contribution >= 4 is 11.9 Å². The normalized spacial score (nSPS) is 23.0. The number of hydrogen-bond acceptors (Lipinski definition) is 4. The van der Waals surface area contributed by atoms with E-state index in [9.17, 15) is 19.8 Å². The summed E-state index contributed by atoms with van der Waals surface area (Å²) in [6.07, 6.45) is 0. The molecule has 2 N–H and O–H groups in total. The van der Waals surface area contributed by atoms with Crippen LogP contribution in [0.3, 0.4) is 0 Å². The summed E-state index contributed by atoms with van der Waals surface area (Å²) in [6.45, 7) is 0. The van der Waals surface area contributed by atoms with Crippen molar-refractivity contribution in [2.75, 3.05) is 0 Å². The molecular weight excluding hydrogens is 368 g/mol. The van der Waals surface area contributed by atoms with Crippen LogP contribution in [0.4, 0.5) is 0 Å². The molecule has 0 heterocycles. The predicted octanol–water partition coefficient (Wildman–Crippen LogP) is 4.20. The largest absolute Gasteiger partial charge is 0.508 e. The number of hydrogen-bond donors (Lipinski definition) is 2. The Kier molecular flexibility index (Phi) is 5.04. The molecule has 0 aromatic heterocycles. The molecule has 0 spiro atoms. The molecule has 3 aromatic rings. The Balaban J connectivity index is 1.71. The fourth-order valence-corrected chi connectivity index (χ4v) is 4.23. The summed E-state index contributed by atoms with van der Waals surface area (Å²) in [6, 6.07) is 24.4. The lowest BCUT2D eigenvalue weighted by Gasteiger charge is -2.48. The fourth-order valence-electron chi connectivity index (χ4n) is 4.23. The Morgan fingerprint density at radius 3 is 1.62 bits per heavy atom. The van der Waals surface area contributed by atoms with E-state index >= 15 is 0 Å². The third-order valence-corrected chi connectivity index (χ3v) is 5.53. The van der Waals surface area contributed by atoms with Crippen LogP contribution in [0.25, 0.3) is 0 Å². The molecule has 0 aliphatic heterocycles. The molecule has 0 radical (unpaired) electrons. The van der Waals surface area contributed by atoms with Gasteiger partial charge in [0.15, 0.2) is 0 Å². The van der Waals surface area contributed by atoms with Crippen LogP contribution in [0, 0.1) is 11.8 Å². The Morgan fingerprint density at radius 2 is 1.17 bits per heavy atom. The average molecular weight is 388 g/mol. The van der Waals surface area contributed by atoms with Crippen molar-refractivity contribution in [1.29, 1.82) is 0 Å². The molecule has 1 aliphatic carbocycles. The van der Waals surface area contributed by atoms with E-state index in [1.807, 2.05) is 60.7 Å². The highest BCUT2D eigenvalue weighted by Gasteiger charge is 2.59. The maximum Gasteiger partial charge on any atom is 0.315 e. The molecule has 1 fully saturated rings. The number of carboxylic acids is 1. The van der Waals surface area contributed by atoms with Crippen molar-refractivity contribution in [3.63, 3.8) is 0 Å². The molecule has 3 aromatic carbocycles. The second kappa shape index (κ2) is 7.80. The molecular formula is C24H20O5. The van der Waals surface area contributed by atoms with Gasteiger partial charge in [0, 0.05) is 11.8 Å². The van der Waals surface area contributed by atoms with E-state index in [0.717, 1.165) is 11.1 Å². The van der Waals surface area contributed by atoms with E-state index in [4.69, 9.17) is 4.74 Å². The molecule has 0 saturated heterocycles. The number of esters is 1. The molecule has 1 aliphatic rings. The lowest BCUT2D eigenvalue weighted by atomic mass is 9.52. The Bertz CT molecular complexity index is 951. The predicted molar refractivity (Wildman–Crippen MR) is 107 cm³/mol. The van der Waals surface area contributed by atoms with E-state index in [-0.39, 0.29) is 5.75 Å². The zero-order chi connectivity index (χ0) is 20.4. The van der Waals surface area contributed by atoms with Gasteiger partial charge in [0.1, 0.15) is 11.5 Å². The second-order valence-corrected chi connectivity index (χ2v) is 7.18. The minimum Gasteiger partial charge on any atom is -0.508 e. The van der Waals surface area contributed by atoms with E-state index in [0.29, 0.717) is 5.75 Å². The Morgan fingerprint density at radius 1 is 0.690 bits per heavy atom. The van der Waals surface area contributed by atoms with Crippen molar-refractivity contribution in [2.45, 2.75) is 11.8 Å². The van der Waals surface area contributed by atoms with Gasteiger partial charge in [0.25, 0.3) is 0 Å². The van der Waals surface area contributed by atoms with Gasteiger partial charge >= 0.3 is 11.9 Å². The van der Waals surface area contributed by atoms with Crippen molar-refractivity contribution in [1.82, 2.24) is 0 Å². The third kappa shape index (κ3) is 3.59. The van der Waals surface area contributed by atoms with Crippen LogP contribution in [-0.4, -0.2) is 22.2 Å².